The van der Waals surface area contributed by atoms with Gasteiger partial charge in [-0.1, -0.05) is 0 Å². The van der Waals surface area contributed by atoms with E-state index in [9.17, 15) is 9.59 Å². The highest BCUT2D eigenvalue weighted by Gasteiger charge is 2.41. The summed E-state index contributed by atoms with van der Waals surface area (Å²) in [5.41, 5.74) is -0.515. The molecule has 96 valence electrons. The van der Waals surface area contributed by atoms with Crippen molar-refractivity contribution < 1.29 is 14.3 Å². The van der Waals surface area contributed by atoms with Crippen molar-refractivity contribution in [3.8, 4) is 0 Å². The van der Waals surface area contributed by atoms with E-state index in [1.807, 2.05) is 20.8 Å². The Labute approximate surface area is 101 Å². The van der Waals surface area contributed by atoms with Crippen molar-refractivity contribution in [1.29, 1.82) is 0 Å². The van der Waals surface area contributed by atoms with E-state index in [1.165, 1.54) is 0 Å². The second-order valence-electron chi connectivity index (χ2n) is 5.78. The fourth-order valence-corrected chi connectivity index (χ4v) is 2.53. The lowest BCUT2D eigenvalue weighted by Gasteiger charge is -2.38. The first-order valence-electron chi connectivity index (χ1n) is 6.16. The molecule has 0 aromatic heterocycles. The van der Waals surface area contributed by atoms with Gasteiger partial charge in [-0.15, -0.1) is 0 Å². The SMILES string of the molecule is CC(C)(C)OC(=O)N1CC(=O)N[C@@H]2CCC[C@H]21. The molecule has 5 heteroatoms. The van der Waals surface area contributed by atoms with Gasteiger partial charge >= 0.3 is 6.09 Å². The highest BCUT2D eigenvalue weighted by molar-refractivity contribution is 5.84. The molecule has 1 heterocycles. The summed E-state index contributed by atoms with van der Waals surface area (Å²) < 4.78 is 5.34. The van der Waals surface area contributed by atoms with Crippen LogP contribution in [0, 0.1) is 0 Å². The number of amides is 2. The lowest BCUT2D eigenvalue weighted by Crippen LogP contribution is -2.60. The number of carbonyl (C=O) groups excluding carboxylic acids is 2. The number of nitrogens with one attached hydrogen (secondary N) is 1. The zero-order valence-corrected chi connectivity index (χ0v) is 10.7. The summed E-state index contributed by atoms with van der Waals surface area (Å²) in [6.07, 6.45) is 2.58. The zero-order chi connectivity index (χ0) is 12.6. The summed E-state index contributed by atoms with van der Waals surface area (Å²) in [5, 5.41) is 2.94. The summed E-state index contributed by atoms with van der Waals surface area (Å²) in [7, 11) is 0. The van der Waals surface area contributed by atoms with Crippen molar-refractivity contribution in [3.05, 3.63) is 0 Å². The highest BCUT2D eigenvalue weighted by Crippen LogP contribution is 2.28. The van der Waals surface area contributed by atoms with Crippen molar-refractivity contribution in [2.24, 2.45) is 0 Å². The van der Waals surface area contributed by atoms with Crippen LogP contribution in [-0.2, 0) is 9.53 Å². The van der Waals surface area contributed by atoms with E-state index in [0.717, 1.165) is 19.3 Å². The van der Waals surface area contributed by atoms with Gasteiger partial charge in [-0.05, 0) is 40.0 Å². The third-order valence-corrected chi connectivity index (χ3v) is 3.17. The minimum atomic E-state index is -0.515. The van der Waals surface area contributed by atoms with Crippen LogP contribution in [0.2, 0.25) is 0 Å². The molecule has 0 aromatic rings. The Balaban J connectivity index is 2.07. The summed E-state index contributed by atoms with van der Waals surface area (Å²) in [6, 6.07) is 0.228. The predicted molar refractivity (Wildman–Crippen MR) is 62.5 cm³/mol. The van der Waals surface area contributed by atoms with Crippen molar-refractivity contribution >= 4 is 12.0 Å². The molecule has 1 N–H and O–H groups in total. The number of carbonyl (C=O) groups is 2. The first-order chi connectivity index (χ1) is 7.87. The average molecular weight is 240 g/mol. The van der Waals surface area contributed by atoms with Crippen LogP contribution < -0.4 is 5.32 Å². The molecule has 1 aliphatic heterocycles. The Morgan fingerprint density at radius 1 is 1.41 bits per heavy atom. The normalized spacial score (nSPS) is 28.6. The molecule has 2 atom stereocenters. The van der Waals surface area contributed by atoms with Gasteiger partial charge < -0.3 is 10.1 Å². The quantitative estimate of drug-likeness (QED) is 0.693. The van der Waals surface area contributed by atoms with E-state index in [1.54, 1.807) is 4.90 Å². The summed E-state index contributed by atoms with van der Waals surface area (Å²) in [4.78, 5) is 25.1. The number of hydrogen-bond donors (Lipinski definition) is 1. The first-order valence-corrected chi connectivity index (χ1v) is 6.16. The molecule has 2 aliphatic rings. The Morgan fingerprint density at radius 3 is 2.76 bits per heavy atom. The summed E-state index contributed by atoms with van der Waals surface area (Å²) >= 11 is 0. The minimum absolute atomic E-state index is 0.0843. The van der Waals surface area contributed by atoms with Gasteiger partial charge in [-0.3, -0.25) is 9.69 Å². The van der Waals surface area contributed by atoms with Gasteiger partial charge in [0.2, 0.25) is 5.91 Å². The largest absolute Gasteiger partial charge is 0.444 e. The Hall–Kier alpha value is -1.26. The highest BCUT2D eigenvalue weighted by atomic mass is 16.6. The monoisotopic (exact) mass is 240 g/mol. The van der Waals surface area contributed by atoms with Gasteiger partial charge in [-0.2, -0.15) is 0 Å². The molecule has 0 radical (unpaired) electrons. The summed E-state index contributed by atoms with van der Waals surface area (Å²) in [6.45, 7) is 5.62. The van der Waals surface area contributed by atoms with Gasteiger partial charge in [0.1, 0.15) is 12.1 Å². The molecule has 0 unspecified atom stereocenters. The topological polar surface area (TPSA) is 58.6 Å². The van der Waals surface area contributed by atoms with E-state index in [-0.39, 0.29) is 30.6 Å². The maximum Gasteiger partial charge on any atom is 0.411 e. The van der Waals surface area contributed by atoms with Gasteiger partial charge in [0, 0.05) is 6.04 Å². The maximum absolute atomic E-state index is 12.0. The predicted octanol–water partition coefficient (Wildman–Crippen LogP) is 1.27. The molecule has 1 aliphatic carbocycles. The van der Waals surface area contributed by atoms with E-state index in [0.29, 0.717) is 0 Å². The van der Waals surface area contributed by atoms with Crippen LogP contribution in [0.4, 0.5) is 4.79 Å². The smallest absolute Gasteiger partial charge is 0.411 e. The Bertz CT molecular complexity index is 335. The number of nitrogens with zero attached hydrogens (tertiary/aromatic N) is 1. The number of rotatable bonds is 0. The van der Waals surface area contributed by atoms with Gasteiger partial charge in [0.25, 0.3) is 0 Å². The van der Waals surface area contributed by atoms with Crippen molar-refractivity contribution in [2.75, 3.05) is 6.54 Å². The maximum atomic E-state index is 12.0. The fraction of sp³-hybridized carbons (Fsp3) is 0.833. The Kier molecular flexibility index (Phi) is 3.02. The molecule has 1 saturated heterocycles. The third-order valence-electron chi connectivity index (χ3n) is 3.17. The van der Waals surface area contributed by atoms with Crippen LogP contribution in [0.5, 0.6) is 0 Å². The number of ether oxygens (including phenoxy) is 1. The molecular formula is C12H20N2O3. The second kappa shape index (κ2) is 4.20. The molecule has 17 heavy (non-hydrogen) atoms. The molecule has 0 aromatic carbocycles. The standard InChI is InChI=1S/C12H20N2O3/c1-12(2,3)17-11(16)14-7-10(15)13-8-5-4-6-9(8)14/h8-9H,4-7H2,1-3H3,(H,13,15)/t8-,9-/m1/s1. The van der Waals surface area contributed by atoms with Crippen LogP contribution in [0.1, 0.15) is 40.0 Å². The van der Waals surface area contributed by atoms with E-state index in [4.69, 9.17) is 4.74 Å². The summed E-state index contributed by atoms with van der Waals surface area (Å²) in [5.74, 6) is -0.0843. The molecule has 2 fully saturated rings. The molecule has 2 rings (SSSR count). The molecule has 0 bridgehead atoms. The molecular weight excluding hydrogens is 220 g/mol. The van der Waals surface area contributed by atoms with Gasteiger partial charge in [0.05, 0.1) is 6.04 Å². The lowest BCUT2D eigenvalue weighted by molar-refractivity contribution is -0.126. The van der Waals surface area contributed by atoms with Crippen LogP contribution in [0.25, 0.3) is 0 Å². The van der Waals surface area contributed by atoms with Crippen molar-refractivity contribution in [3.63, 3.8) is 0 Å². The van der Waals surface area contributed by atoms with Crippen LogP contribution >= 0.6 is 0 Å². The first kappa shape index (κ1) is 12.2. The van der Waals surface area contributed by atoms with Crippen molar-refractivity contribution in [2.45, 2.75) is 57.7 Å². The van der Waals surface area contributed by atoms with Crippen LogP contribution in [0.3, 0.4) is 0 Å². The Morgan fingerprint density at radius 2 is 2.12 bits per heavy atom. The molecule has 5 nitrogen and oxygen atoms in total. The van der Waals surface area contributed by atoms with Crippen LogP contribution in [-0.4, -0.2) is 41.1 Å². The molecule has 0 spiro atoms. The lowest BCUT2D eigenvalue weighted by atomic mass is 10.1. The van der Waals surface area contributed by atoms with Gasteiger partial charge in [-0.25, -0.2) is 4.79 Å². The fourth-order valence-electron chi connectivity index (χ4n) is 2.53. The van der Waals surface area contributed by atoms with E-state index < -0.39 is 5.60 Å². The van der Waals surface area contributed by atoms with Crippen molar-refractivity contribution in [1.82, 2.24) is 10.2 Å². The van der Waals surface area contributed by atoms with E-state index in [2.05, 4.69) is 5.32 Å². The number of fused-ring (bicyclic) bond motifs is 1. The third kappa shape index (κ3) is 2.70. The van der Waals surface area contributed by atoms with Crippen LogP contribution in [0.15, 0.2) is 0 Å². The zero-order valence-electron chi connectivity index (χ0n) is 10.7. The second-order valence-corrected chi connectivity index (χ2v) is 5.78. The minimum Gasteiger partial charge on any atom is -0.444 e. The molecule has 2 amide bonds. The number of piperazine rings is 1. The van der Waals surface area contributed by atoms with Gasteiger partial charge in [0.15, 0.2) is 0 Å². The molecule has 1 saturated carbocycles. The van der Waals surface area contributed by atoms with E-state index >= 15 is 0 Å². The average Bonchev–Trinajstić information content (AvgIpc) is 2.60. The number of hydrogen-bond acceptors (Lipinski definition) is 3.